The van der Waals surface area contributed by atoms with Crippen molar-refractivity contribution in [3.05, 3.63) is 42.0 Å². The number of rotatable bonds is 10. The van der Waals surface area contributed by atoms with Crippen LogP contribution >= 0.6 is 0 Å². The van der Waals surface area contributed by atoms with Crippen LogP contribution in [0.5, 0.6) is 0 Å². The predicted octanol–water partition coefficient (Wildman–Crippen LogP) is 5.07. The number of carbonyl (C=O) groups excluding carboxylic acids is 3. The molecule has 0 aliphatic carbocycles. The summed E-state index contributed by atoms with van der Waals surface area (Å²) in [5.74, 6) is -0.480. The fourth-order valence-corrected chi connectivity index (χ4v) is 3.66. The Bertz CT molecular complexity index is 856. The molecule has 0 fully saturated rings. The van der Waals surface area contributed by atoms with Crippen molar-refractivity contribution in [2.75, 3.05) is 0 Å². The summed E-state index contributed by atoms with van der Waals surface area (Å²) in [6.07, 6.45) is 1.45. The normalized spacial score (nSPS) is 13.4. The van der Waals surface area contributed by atoms with E-state index in [1.807, 2.05) is 65.8 Å². The van der Waals surface area contributed by atoms with E-state index in [9.17, 15) is 14.4 Å². The number of nitrogens with one attached hydrogen (secondary N) is 2. The average molecular weight is 474 g/mol. The van der Waals surface area contributed by atoms with Crippen LogP contribution in [0.15, 0.2) is 30.8 Å². The van der Waals surface area contributed by atoms with Gasteiger partial charge in [0.15, 0.2) is 0 Å². The number of benzene rings is 1. The van der Waals surface area contributed by atoms with E-state index in [2.05, 4.69) is 17.2 Å². The highest BCUT2D eigenvalue weighted by Gasteiger charge is 2.38. The van der Waals surface area contributed by atoms with E-state index in [0.717, 1.165) is 5.56 Å². The molecule has 0 heterocycles. The average Bonchev–Trinajstić information content (AvgIpc) is 2.68. The molecular weight excluding hydrogens is 430 g/mol. The zero-order valence-electron chi connectivity index (χ0n) is 22.3. The SMILES string of the molecule is C=Cc1cccc(C(C(=O)NC(C)C)N(C(=O)C(CC(C)C)NC(=O)OC(C)(C)C)C(C)C)c1. The van der Waals surface area contributed by atoms with Gasteiger partial charge in [0.05, 0.1) is 0 Å². The molecule has 2 atom stereocenters. The number of alkyl carbamates (subject to hydrolysis) is 1. The van der Waals surface area contributed by atoms with Gasteiger partial charge in [0.2, 0.25) is 11.8 Å². The standard InChI is InChI=1S/C27H43N3O4/c1-11-20-13-12-14-21(16-20)23(24(31)28-18(4)5)30(19(6)7)25(32)22(15-17(2)3)29-26(33)34-27(8,9)10/h11-14,16-19,22-23H,1,15H2,2-10H3,(H,28,31)(H,29,33). The molecule has 1 aromatic rings. The molecule has 1 rings (SSSR count). The third-order valence-electron chi connectivity index (χ3n) is 4.93. The smallest absolute Gasteiger partial charge is 0.408 e. The Morgan fingerprint density at radius 2 is 1.68 bits per heavy atom. The summed E-state index contributed by atoms with van der Waals surface area (Å²) in [7, 11) is 0. The number of carbonyl (C=O) groups is 3. The Kier molecular flexibility index (Phi) is 10.8. The number of hydrogen-bond acceptors (Lipinski definition) is 4. The third-order valence-corrected chi connectivity index (χ3v) is 4.93. The minimum atomic E-state index is -0.870. The monoisotopic (exact) mass is 473 g/mol. The summed E-state index contributed by atoms with van der Waals surface area (Å²) in [6, 6.07) is 5.30. The number of hydrogen-bond donors (Lipinski definition) is 2. The number of amides is 3. The lowest BCUT2D eigenvalue weighted by Gasteiger charge is -2.38. The van der Waals surface area contributed by atoms with Gasteiger partial charge in [0.25, 0.3) is 0 Å². The molecule has 0 bridgehead atoms. The van der Waals surface area contributed by atoms with Crippen LogP contribution in [0.3, 0.4) is 0 Å². The van der Waals surface area contributed by atoms with Crippen molar-refractivity contribution in [3.63, 3.8) is 0 Å². The summed E-state index contributed by atoms with van der Waals surface area (Å²) in [5, 5.41) is 5.70. The van der Waals surface area contributed by atoms with Gasteiger partial charge in [-0.15, -0.1) is 0 Å². The summed E-state index contributed by atoms with van der Waals surface area (Å²) >= 11 is 0. The van der Waals surface area contributed by atoms with Crippen LogP contribution in [0.4, 0.5) is 4.79 Å². The maximum Gasteiger partial charge on any atom is 0.408 e. The Morgan fingerprint density at radius 3 is 2.15 bits per heavy atom. The van der Waals surface area contributed by atoms with E-state index < -0.39 is 23.8 Å². The zero-order chi connectivity index (χ0) is 26.2. The number of ether oxygens (including phenoxy) is 1. The first-order valence-electron chi connectivity index (χ1n) is 12.0. The highest BCUT2D eigenvalue weighted by atomic mass is 16.6. The molecule has 0 saturated heterocycles. The van der Waals surface area contributed by atoms with Gasteiger partial charge in [-0.25, -0.2) is 4.79 Å². The molecule has 2 unspecified atom stereocenters. The summed E-state index contributed by atoms with van der Waals surface area (Å²) < 4.78 is 5.40. The van der Waals surface area contributed by atoms with Crippen LogP contribution in [0.1, 0.15) is 85.9 Å². The molecule has 0 radical (unpaired) electrons. The van der Waals surface area contributed by atoms with Gasteiger partial charge >= 0.3 is 6.09 Å². The molecule has 34 heavy (non-hydrogen) atoms. The van der Waals surface area contributed by atoms with Crippen LogP contribution in [0.25, 0.3) is 6.08 Å². The molecule has 7 nitrogen and oxygen atoms in total. The van der Waals surface area contributed by atoms with Crippen LogP contribution in [-0.2, 0) is 14.3 Å². The lowest BCUT2D eigenvalue weighted by molar-refractivity contribution is -0.145. The Balaban J connectivity index is 3.49. The summed E-state index contributed by atoms with van der Waals surface area (Å²) in [6.45, 7) is 20.6. The van der Waals surface area contributed by atoms with Crippen molar-refractivity contribution in [2.45, 2.75) is 98.5 Å². The van der Waals surface area contributed by atoms with E-state index in [-0.39, 0.29) is 29.8 Å². The van der Waals surface area contributed by atoms with Crippen LogP contribution < -0.4 is 10.6 Å². The second-order valence-corrected chi connectivity index (χ2v) is 10.6. The van der Waals surface area contributed by atoms with Gasteiger partial charge in [0, 0.05) is 12.1 Å². The maximum absolute atomic E-state index is 13.9. The molecule has 3 amide bonds. The first-order valence-corrected chi connectivity index (χ1v) is 12.0. The van der Waals surface area contributed by atoms with Crippen LogP contribution in [0.2, 0.25) is 0 Å². The van der Waals surface area contributed by atoms with E-state index in [1.54, 1.807) is 31.7 Å². The van der Waals surface area contributed by atoms with Gasteiger partial charge in [-0.1, -0.05) is 44.7 Å². The first-order chi connectivity index (χ1) is 15.7. The molecule has 1 aromatic carbocycles. The van der Waals surface area contributed by atoms with Crippen molar-refractivity contribution in [1.29, 1.82) is 0 Å². The molecule has 190 valence electrons. The minimum absolute atomic E-state index is 0.104. The molecule has 2 N–H and O–H groups in total. The van der Waals surface area contributed by atoms with E-state index in [0.29, 0.717) is 12.0 Å². The molecule has 7 heteroatoms. The quantitative estimate of drug-likeness (QED) is 0.496. The Morgan fingerprint density at radius 1 is 1.06 bits per heavy atom. The van der Waals surface area contributed by atoms with Gasteiger partial charge in [-0.05, 0) is 78.0 Å². The van der Waals surface area contributed by atoms with Crippen molar-refractivity contribution < 1.29 is 19.1 Å². The van der Waals surface area contributed by atoms with E-state index in [4.69, 9.17) is 4.74 Å². The van der Waals surface area contributed by atoms with Crippen molar-refractivity contribution in [1.82, 2.24) is 15.5 Å². The molecule has 0 spiro atoms. The van der Waals surface area contributed by atoms with Gasteiger partial charge in [-0.3, -0.25) is 9.59 Å². The van der Waals surface area contributed by atoms with E-state index >= 15 is 0 Å². The second-order valence-electron chi connectivity index (χ2n) is 10.6. The van der Waals surface area contributed by atoms with Crippen molar-refractivity contribution in [2.24, 2.45) is 5.92 Å². The molecule has 0 aliphatic rings. The fraction of sp³-hybridized carbons (Fsp3) is 0.593. The van der Waals surface area contributed by atoms with Crippen LogP contribution in [-0.4, -0.2) is 46.5 Å². The van der Waals surface area contributed by atoms with Crippen LogP contribution in [0, 0.1) is 5.92 Å². The Labute approximate surface area is 205 Å². The van der Waals surface area contributed by atoms with Gasteiger partial charge in [0.1, 0.15) is 17.7 Å². The predicted molar refractivity (Wildman–Crippen MR) is 137 cm³/mol. The largest absolute Gasteiger partial charge is 0.444 e. The first kappa shape index (κ1) is 29.2. The molecule has 0 aliphatic heterocycles. The highest BCUT2D eigenvalue weighted by Crippen LogP contribution is 2.27. The summed E-state index contributed by atoms with van der Waals surface area (Å²) in [4.78, 5) is 41.5. The van der Waals surface area contributed by atoms with Crippen molar-refractivity contribution >= 4 is 24.0 Å². The second kappa shape index (κ2) is 12.6. The summed E-state index contributed by atoms with van der Waals surface area (Å²) in [5.41, 5.74) is 0.831. The molecule has 0 aromatic heterocycles. The third kappa shape index (κ3) is 9.20. The number of nitrogens with zero attached hydrogens (tertiary/aromatic N) is 1. The lowest BCUT2D eigenvalue weighted by atomic mass is 9.97. The van der Waals surface area contributed by atoms with Gasteiger partial charge < -0.3 is 20.3 Å². The molecule has 0 saturated carbocycles. The fourth-order valence-electron chi connectivity index (χ4n) is 3.66. The molecular formula is C27H43N3O4. The topological polar surface area (TPSA) is 87.7 Å². The highest BCUT2D eigenvalue weighted by molar-refractivity contribution is 5.92. The van der Waals surface area contributed by atoms with Gasteiger partial charge in [-0.2, -0.15) is 0 Å². The lowest BCUT2D eigenvalue weighted by Crippen LogP contribution is -2.55. The maximum atomic E-state index is 13.9. The minimum Gasteiger partial charge on any atom is -0.444 e. The zero-order valence-corrected chi connectivity index (χ0v) is 22.3. The van der Waals surface area contributed by atoms with E-state index in [1.165, 1.54) is 0 Å². The van der Waals surface area contributed by atoms with Crippen molar-refractivity contribution in [3.8, 4) is 0 Å². The Hall–Kier alpha value is -2.83.